The number of amides is 1. The maximum atomic E-state index is 11.7. The summed E-state index contributed by atoms with van der Waals surface area (Å²) in [5.41, 5.74) is 3.12. The fraction of sp³-hybridized carbons (Fsp3) is 0.636. The highest BCUT2D eigenvalue weighted by Gasteiger charge is 2.51. The second-order valence-corrected chi connectivity index (χ2v) is 11.8. The highest BCUT2D eigenvalue weighted by molar-refractivity contribution is 8.24. The van der Waals surface area contributed by atoms with Crippen molar-refractivity contribution in [2.24, 2.45) is 5.16 Å². The van der Waals surface area contributed by atoms with Gasteiger partial charge in [0.1, 0.15) is 5.60 Å². The van der Waals surface area contributed by atoms with Crippen LogP contribution in [0, 0.1) is 0 Å². The molecule has 1 spiro atoms. The highest BCUT2D eigenvalue weighted by Crippen LogP contribution is 2.46. The number of oxime groups is 1. The molecule has 0 radical (unpaired) electrons. The molecular formula is C22H32N6O4S. The molecule has 4 heterocycles. The van der Waals surface area contributed by atoms with Gasteiger partial charge in [0.2, 0.25) is 5.91 Å². The molecule has 180 valence electrons. The second kappa shape index (κ2) is 8.44. The van der Waals surface area contributed by atoms with Crippen molar-refractivity contribution in [1.82, 2.24) is 20.1 Å². The van der Waals surface area contributed by atoms with Crippen molar-refractivity contribution in [3.05, 3.63) is 18.0 Å². The number of pyridine rings is 1. The Bertz CT molecular complexity index is 1080. The van der Waals surface area contributed by atoms with Gasteiger partial charge in [-0.25, -0.2) is 9.67 Å². The van der Waals surface area contributed by atoms with Crippen LogP contribution < -0.4 is 10.6 Å². The average Bonchev–Trinajstić information content (AvgIpc) is 3.40. The summed E-state index contributed by atoms with van der Waals surface area (Å²) in [6, 6.07) is 0.267. The minimum atomic E-state index is -2.45. The lowest BCUT2D eigenvalue weighted by Crippen LogP contribution is -2.55. The van der Waals surface area contributed by atoms with Gasteiger partial charge in [-0.2, -0.15) is 15.7 Å². The van der Waals surface area contributed by atoms with Crippen molar-refractivity contribution in [1.29, 1.82) is 0 Å². The fourth-order valence-electron chi connectivity index (χ4n) is 5.04. The van der Waals surface area contributed by atoms with Crippen LogP contribution in [0.25, 0.3) is 11.0 Å². The van der Waals surface area contributed by atoms with E-state index < -0.39 is 10.6 Å². The van der Waals surface area contributed by atoms with Crippen LogP contribution in [-0.4, -0.2) is 64.7 Å². The van der Waals surface area contributed by atoms with Gasteiger partial charge in [0, 0.05) is 67.6 Å². The zero-order chi connectivity index (χ0) is 23.2. The molecule has 0 unspecified atom stereocenters. The van der Waals surface area contributed by atoms with Gasteiger partial charge in [-0.15, -0.1) is 0 Å². The Morgan fingerprint density at radius 3 is 2.70 bits per heavy atom. The van der Waals surface area contributed by atoms with Gasteiger partial charge in [-0.3, -0.25) is 13.9 Å². The van der Waals surface area contributed by atoms with Gasteiger partial charge in [-0.05, 0) is 19.8 Å². The molecule has 5 rings (SSSR count). The molecule has 2 aromatic heterocycles. The quantitative estimate of drug-likeness (QED) is 0.502. The van der Waals surface area contributed by atoms with Crippen LogP contribution in [0.2, 0.25) is 0 Å². The normalized spacial score (nSPS) is 24.7. The predicted octanol–water partition coefficient (Wildman–Crippen LogP) is 3.33. The maximum absolute atomic E-state index is 11.7. The standard InChI is InChI=1S/C22H32N6O4S/c1-3-19(29)25-15-9-22(10-15)11-18(27-32-22)16-12-23-21-17(13-24-28(21)4-2)20(16)26-14-5-7-33(30,31)8-6-14/h12-15,30-31H,3-11H2,1-2H3,(H,23,26)(H,25,29). The number of anilines is 1. The molecule has 4 N–H and O–H groups in total. The molecule has 0 atom stereocenters. The first-order valence-corrected chi connectivity index (χ1v) is 13.6. The lowest BCUT2D eigenvalue weighted by molar-refractivity contribution is -0.128. The van der Waals surface area contributed by atoms with Crippen molar-refractivity contribution >= 4 is 38.9 Å². The first-order chi connectivity index (χ1) is 15.8. The largest absolute Gasteiger partial charge is 0.388 e. The Kier molecular flexibility index (Phi) is 5.74. The van der Waals surface area contributed by atoms with E-state index in [-0.39, 0.29) is 23.6 Å². The van der Waals surface area contributed by atoms with Crippen LogP contribution in [0.1, 0.15) is 57.9 Å². The van der Waals surface area contributed by atoms with Gasteiger partial charge >= 0.3 is 0 Å². The van der Waals surface area contributed by atoms with Crippen LogP contribution >= 0.6 is 10.6 Å². The van der Waals surface area contributed by atoms with Crippen LogP contribution in [0.4, 0.5) is 5.69 Å². The van der Waals surface area contributed by atoms with Gasteiger partial charge in [0.05, 0.1) is 23.0 Å². The van der Waals surface area contributed by atoms with Gasteiger partial charge in [-0.1, -0.05) is 12.1 Å². The van der Waals surface area contributed by atoms with E-state index in [9.17, 15) is 13.9 Å². The molecule has 1 saturated heterocycles. The first-order valence-electron chi connectivity index (χ1n) is 11.7. The van der Waals surface area contributed by atoms with E-state index in [1.807, 2.05) is 30.9 Å². The Morgan fingerprint density at radius 1 is 1.24 bits per heavy atom. The van der Waals surface area contributed by atoms with E-state index in [0.29, 0.717) is 37.2 Å². The third-order valence-electron chi connectivity index (χ3n) is 6.97. The molecule has 33 heavy (non-hydrogen) atoms. The molecule has 1 saturated carbocycles. The number of hydrogen-bond acceptors (Lipinski definition) is 8. The van der Waals surface area contributed by atoms with Crippen LogP contribution in [0.3, 0.4) is 0 Å². The number of fused-ring (bicyclic) bond motifs is 1. The number of carbonyl (C=O) groups excluding carboxylic acids is 1. The third-order valence-corrected chi connectivity index (χ3v) is 8.75. The lowest BCUT2D eigenvalue weighted by Gasteiger charge is -2.42. The summed E-state index contributed by atoms with van der Waals surface area (Å²) in [5.74, 6) is 0.896. The minimum absolute atomic E-state index is 0.0622. The molecule has 10 nitrogen and oxygen atoms in total. The lowest BCUT2D eigenvalue weighted by atomic mass is 9.72. The third kappa shape index (κ3) is 4.29. The molecule has 3 aliphatic rings. The monoisotopic (exact) mass is 476 g/mol. The summed E-state index contributed by atoms with van der Waals surface area (Å²) in [6.07, 6.45) is 7.70. The van der Waals surface area contributed by atoms with Crippen molar-refractivity contribution in [2.45, 2.75) is 76.6 Å². The average molecular weight is 477 g/mol. The van der Waals surface area contributed by atoms with Crippen molar-refractivity contribution in [2.75, 3.05) is 16.8 Å². The summed E-state index contributed by atoms with van der Waals surface area (Å²) in [7, 11) is -2.45. The Hall–Kier alpha value is -2.37. The minimum Gasteiger partial charge on any atom is -0.388 e. The smallest absolute Gasteiger partial charge is 0.219 e. The summed E-state index contributed by atoms with van der Waals surface area (Å²) >= 11 is 0. The van der Waals surface area contributed by atoms with E-state index in [2.05, 4.69) is 25.9 Å². The maximum Gasteiger partial charge on any atom is 0.219 e. The topological polar surface area (TPSA) is 134 Å². The summed E-state index contributed by atoms with van der Waals surface area (Å²) in [6.45, 7) is 4.60. The molecule has 2 fully saturated rings. The number of carbonyl (C=O) groups is 1. The Morgan fingerprint density at radius 2 is 2.00 bits per heavy atom. The van der Waals surface area contributed by atoms with E-state index in [1.54, 1.807) is 0 Å². The van der Waals surface area contributed by atoms with Crippen molar-refractivity contribution in [3.63, 3.8) is 0 Å². The summed E-state index contributed by atoms with van der Waals surface area (Å²) < 4.78 is 21.9. The molecule has 0 aromatic carbocycles. The summed E-state index contributed by atoms with van der Waals surface area (Å²) in [5, 5.41) is 16.5. The number of aryl methyl sites for hydroxylation is 1. The Labute approximate surface area is 194 Å². The van der Waals surface area contributed by atoms with E-state index in [1.165, 1.54) is 0 Å². The molecule has 1 amide bonds. The zero-order valence-corrected chi connectivity index (χ0v) is 19.9. The van der Waals surface area contributed by atoms with Gasteiger partial charge < -0.3 is 15.5 Å². The fourth-order valence-corrected chi connectivity index (χ4v) is 6.57. The predicted molar refractivity (Wildman–Crippen MR) is 129 cm³/mol. The Balaban J connectivity index is 1.38. The number of hydrogen-bond donors (Lipinski definition) is 4. The van der Waals surface area contributed by atoms with Gasteiger partial charge in [0.15, 0.2) is 5.65 Å². The van der Waals surface area contributed by atoms with Crippen LogP contribution in [0.5, 0.6) is 0 Å². The number of aromatic nitrogens is 3. The summed E-state index contributed by atoms with van der Waals surface area (Å²) in [4.78, 5) is 22.3. The molecule has 11 heteroatoms. The van der Waals surface area contributed by atoms with Crippen molar-refractivity contribution in [3.8, 4) is 0 Å². The number of nitrogens with zero attached hydrogens (tertiary/aromatic N) is 4. The molecular weight excluding hydrogens is 444 g/mol. The second-order valence-electron chi connectivity index (χ2n) is 9.39. The molecule has 0 bridgehead atoms. The van der Waals surface area contributed by atoms with E-state index in [4.69, 9.17) is 4.84 Å². The van der Waals surface area contributed by atoms with Gasteiger partial charge in [0.25, 0.3) is 0 Å². The zero-order valence-electron chi connectivity index (χ0n) is 19.1. The number of rotatable bonds is 6. The highest BCUT2D eigenvalue weighted by atomic mass is 32.3. The molecule has 2 aromatic rings. The van der Waals surface area contributed by atoms with Crippen molar-refractivity contribution < 1.29 is 18.7 Å². The van der Waals surface area contributed by atoms with Crippen LogP contribution in [-0.2, 0) is 16.2 Å². The van der Waals surface area contributed by atoms with E-state index in [0.717, 1.165) is 47.4 Å². The number of nitrogens with one attached hydrogen (secondary N) is 2. The molecule has 1 aliphatic carbocycles. The first kappa shape index (κ1) is 22.4. The molecule has 2 aliphatic heterocycles. The van der Waals surface area contributed by atoms with E-state index >= 15 is 0 Å². The SMILES string of the molecule is CCC(=O)NC1CC2(CC(c3cnc4c(cnn4CC)c3NC3CCS(O)(O)CC3)=NO2)C1. The van der Waals surface area contributed by atoms with Crippen LogP contribution in [0.15, 0.2) is 17.5 Å².